The Bertz CT molecular complexity index is 216. The van der Waals surface area contributed by atoms with Crippen LogP contribution in [0, 0.1) is 0 Å². The Morgan fingerprint density at radius 2 is 1.93 bits per heavy atom. The van der Waals surface area contributed by atoms with Crippen LogP contribution in [-0.4, -0.2) is 35.7 Å². The fraction of sp³-hybridized carbons (Fsp3) is 0.700. The number of nitrogens with zero attached hydrogens (tertiary/aromatic N) is 1. The highest BCUT2D eigenvalue weighted by Crippen LogP contribution is 2.08. The van der Waals surface area contributed by atoms with Crippen LogP contribution < -0.4 is 0 Å². The molecule has 84 valence electrons. The van der Waals surface area contributed by atoms with Gasteiger partial charge in [0.25, 0.3) is 0 Å². The van der Waals surface area contributed by atoms with Gasteiger partial charge in [0.2, 0.25) is 0 Å². The molecular weight excluding hydrogens is 246 g/mol. The van der Waals surface area contributed by atoms with Crippen LogP contribution in [0.25, 0.3) is 0 Å². The summed E-state index contributed by atoms with van der Waals surface area (Å²) >= 11 is 0. The van der Waals surface area contributed by atoms with Crippen molar-refractivity contribution >= 4 is 23.0 Å². The first-order valence-corrected chi connectivity index (χ1v) is 4.72. The van der Waals surface area contributed by atoms with Crippen molar-refractivity contribution in [2.24, 2.45) is 0 Å². The van der Waals surface area contributed by atoms with Crippen molar-refractivity contribution in [2.45, 2.75) is 27.2 Å². The molecule has 0 spiro atoms. The summed E-state index contributed by atoms with van der Waals surface area (Å²) in [5.74, 6) is -0.825. The van der Waals surface area contributed by atoms with E-state index < -0.39 is 5.97 Å². The number of carbonyl (C=O) groups is 1. The van der Waals surface area contributed by atoms with E-state index in [0.717, 1.165) is 19.5 Å². The van der Waals surface area contributed by atoms with E-state index in [9.17, 15) is 4.79 Å². The lowest BCUT2D eigenvalue weighted by Gasteiger charge is -2.28. The fourth-order valence-corrected chi connectivity index (χ4v) is 1.35. The number of carboxylic acids is 1. The van der Waals surface area contributed by atoms with Crippen LogP contribution in [0.4, 0.5) is 0 Å². The molecule has 3 nitrogen and oxygen atoms in total. The van der Waals surface area contributed by atoms with Crippen LogP contribution in [0.2, 0.25) is 0 Å². The molecule has 4 heteroatoms. The molecule has 0 saturated carbocycles. The van der Waals surface area contributed by atoms with Gasteiger partial charge in [-0.2, -0.15) is 0 Å². The van der Waals surface area contributed by atoms with Crippen molar-refractivity contribution in [3.63, 3.8) is 0 Å². The minimum Gasteiger partial charge on any atom is -0.478 e. The molecule has 0 heterocycles. The van der Waals surface area contributed by atoms with Gasteiger partial charge >= 0.3 is 5.97 Å². The third kappa shape index (κ3) is 5.40. The molecule has 0 bridgehead atoms. The SMILES string of the molecule is Br.CCC[N+](C)(C=C(C)C(=O)O)CC. The van der Waals surface area contributed by atoms with E-state index in [0.29, 0.717) is 10.1 Å². The van der Waals surface area contributed by atoms with Crippen LogP contribution in [-0.2, 0) is 4.79 Å². The van der Waals surface area contributed by atoms with Crippen LogP contribution in [0.1, 0.15) is 27.2 Å². The van der Waals surface area contributed by atoms with Crippen molar-refractivity contribution in [3.8, 4) is 0 Å². The third-order valence-electron chi connectivity index (χ3n) is 2.30. The largest absolute Gasteiger partial charge is 0.478 e. The van der Waals surface area contributed by atoms with Crippen molar-refractivity contribution < 1.29 is 14.4 Å². The molecule has 0 aliphatic rings. The number of aliphatic carboxylic acids is 1. The summed E-state index contributed by atoms with van der Waals surface area (Å²) in [4.78, 5) is 10.6. The Labute approximate surface area is 96.8 Å². The lowest BCUT2D eigenvalue weighted by molar-refractivity contribution is -0.858. The first kappa shape index (κ1) is 16.1. The topological polar surface area (TPSA) is 37.3 Å². The van der Waals surface area contributed by atoms with Gasteiger partial charge < -0.3 is 5.11 Å². The maximum Gasteiger partial charge on any atom is 0.336 e. The van der Waals surface area contributed by atoms with E-state index in [2.05, 4.69) is 20.9 Å². The lowest BCUT2D eigenvalue weighted by Crippen LogP contribution is -2.39. The molecule has 0 fully saturated rings. The molecule has 14 heavy (non-hydrogen) atoms. The van der Waals surface area contributed by atoms with Crippen LogP contribution >= 0.6 is 17.0 Å². The predicted molar refractivity (Wildman–Crippen MR) is 63.6 cm³/mol. The first-order valence-electron chi connectivity index (χ1n) is 4.72. The summed E-state index contributed by atoms with van der Waals surface area (Å²) in [5, 5.41) is 8.73. The molecule has 1 N–H and O–H groups in total. The van der Waals surface area contributed by atoms with Gasteiger partial charge in [-0.25, -0.2) is 4.79 Å². The summed E-state index contributed by atoms with van der Waals surface area (Å²) < 4.78 is 0.703. The number of hydrogen-bond donors (Lipinski definition) is 1. The Hall–Kier alpha value is -0.350. The second kappa shape index (κ2) is 7.01. The quantitative estimate of drug-likeness (QED) is 0.613. The van der Waals surface area contributed by atoms with Crippen LogP contribution in [0.3, 0.4) is 0 Å². The Kier molecular flexibility index (Phi) is 8.06. The van der Waals surface area contributed by atoms with Crippen LogP contribution in [0.15, 0.2) is 11.8 Å². The van der Waals surface area contributed by atoms with Crippen LogP contribution in [0.5, 0.6) is 0 Å². The maximum absolute atomic E-state index is 10.6. The minimum absolute atomic E-state index is 0. The second-order valence-corrected chi connectivity index (χ2v) is 3.64. The zero-order valence-corrected chi connectivity index (χ0v) is 11.1. The fourth-order valence-electron chi connectivity index (χ4n) is 1.35. The summed E-state index contributed by atoms with van der Waals surface area (Å²) in [6.45, 7) is 7.74. The number of carboxylic acid groups (broad SMARTS) is 1. The average molecular weight is 267 g/mol. The molecule has 0 aromatic heterocycles. The van der Waals surface area contributed by atoms with Crippen molar-refractivity contribution in [2.75, 3.05) is 20.1 Å². The molecule has 0 radical (unpaired) electrons. The van der Waals surface area contributed by atoms with Gasteiger partial charge in [0.05, 0.1) is 25.7 Å². The van der Waals surface area contributed by atoms with E-state index >= 15 is 0 Å². The van der Waals surface area contributed by atoms with E-state index in [4.69, 9.17) is 5.11 Å². The molecule has 0 aromatic carbocycles. The average Bonchev–Trinajstić information content (AvgIpc) is 2.04. The van der Waals surface area contributed by atoms with Gasteiger partial charge in [0.1, 0.15) is 6.20 Å². The van der Waals surface area contributed by atoms with E-state index in [-0.39, 0.29) is 17.0 Å². The lowest BCUT2D eigenvalue weighted by atomic mass is 10.3. The summed E-state index contributed by atoms with van der Waals surface area (Å²) in [5.41, 5.74) is 0.429. The number of halogens is 1. The predicted octanol–water partition coefficient (Wildman–Crippen LogP) is 2.43. The molecule has 0 rings (SSSR count). The molecule has 0 aromatic rings. The molecule has 1 unspecified atom stereocenters. The zero-order valence-electron chi connectivity index (χ0n) is 9.41. The van der Waals surface area contributed by atoms with Crippen molar-refractivity contribution in [3.05, 3.63) is 11.8 Å². The van der Waals surface area contributed by atoms with E-state index in [1.54, 1.807) is 6.92 Å². The summed E-state index contributed by atoms with van der Waals surface area (Å²) in [6, 6.07) is 0. The smallest absolute Gasteiger partial charge is 0.336 e. The Morgan fingerprint density at radius 1 is 1.43 bits per heavy atom. The minimum atomic E-state index is -0.825. The molecule has 0 amide bonds. The summed E-state index contributed by atoms with van der Waals surface area (Å²) in [6.07, 6.45) is 2.89. The van der Waals surface area contributed by atoms with Crippen molar-refractivity contribution in [1.82, 2.24) is 0 Å². The van der Waals surface area contributed by atoms with E-state index in [1.807, 2.05) is 6.20 Å². The summed E-state index contributed by atoms with van der Waals surface area (Å²) in [7, 11) is 2.05. The molecule has 0 aliphatic carbocycles. The zero-order chi connectivity index (χ0) is 10.5. The maximum atomic E-state index is 10.6. The van der Waals surface area contributed by atoms with E-state index in [1.165, 1.54) is 0 Å². The third-order valence-corrected chi connectivity index (χ3v) is 2.30. The number of hydrogen-bond acceptors (Lipinski definition) is 1. The van der Waals surface area contributed by atoms with Gasteiger partial charge in [0.15, 0.2) is 0 Å². The Morgan fingerprint density at radius 3 is 2.21 bits per heavy atom. The van der Waals surface area contributed by atoms with Crippen molar-refractivity contribution in [1.29, 1.82) is 0 Å². The first-order chi connectivity index (χ1) is 5.95. The molecule has 0 saturated heterocycles. The molecule has 0 aliphatic heterocycles. The monoisotopic (exact) mass is 266 g/mol. The van der Waals surface area contributed by atoms with Gasteiger partial charge in [-0.15, -0.1) is 17.0 Å². The number of quaternary nitrogens is 1. The highest BCUT2D eigenvalue weighted by molar-refractivity contribution is 8.93. The van der Waals surface area contributed by atoms with Gasteiger partial charge in [-0.1, -0.05) is 6.92 Å². The highest BCUT2D eigenvalue weighted by Gasteiger charge is 2.17. The standard InChI is InChI=1S/C10H19NO2.BrH/c1-5-7-11(4,6-2)8-9(3)10(12)13;/h8H,5-7H2,1-4H3;1H/p+1. The molecular formula is C10H21BrNO2+. The van der Waals surface area contributed by atoms with Gasteiger partial charge in [-0.05, 0) is 20.3 Å². The molecule has 1 atom stereocenters. The van der Waals surface area contributed by atoms with Gasteiger partial charge in [-0.3, -0.25) is 4.48 Å². The van der Waals surface area contributed by atoms with Gasteiger partial charge in [0, 0.05) is 0 Å². The normalized spacial score (nSPS) is 15.6. The second-order valence-electron chi connectivity index (χ2n) is 3.64. The Balaban J connectivity index is 0. The number of rotatable bonds is 5. The highest BCUT2D eigenvalue weighted by atomic mass is 79.9.